The van der Waals surface area contributed by atoms with Crippen LogP contribution in [0.5, 0.6) is 0 Å². The molecule has 0 unspecified atom stereocenters. The summed E-state index contributed by atoms with van der Waals surface area (Å²) in [5.41, 5.74) is 0.584. The molecule has 2 heteroatoms. The van der Waals surface area contributed by atoms with Crippen molar-refractivity contribution in [2.45, 2.75) is 59.3 Å². The minimum Gasteiger partial charge on any atom is -0.428 e. The van der Waals surface area contributed by atoms with E-state index in [2.05, 4.69) is 20.8 Å². The zero-order valence-electron chi connectivity index (χ0n) is 9.86. The van der Waals surface area contributed by atoms with Gasteiger partial charge in [-0.2, -0.15) is 0 Å². The first kappa shape index (κ1) is 13.2. The van der Waals surface area contributed by atoms with Crippen LogP contribution in [0.4, 0.5) is 0 Å². The highest BCUT2D eigenvalue weighted by Gasteiger charge is 2.24. The Bertz CT molecular complexity index is 101. The molecule has 0 saturated carbocycles. The van der Waals surface area contributed by atoms with E-state index in [1.54, 1.807) is 0 Å². The highest BCUT2D eigenvalue weighted by atomic mass is 28.2. The molecular formula is C11H26OSi. The van der Waals surface area contributed by atoms with Crippen LogP contribution < -0.4 is 0 Å². The largest absolute Gasteiger partial charge is 0.428 e. The van der Waals surface area contributed by atoms with E-state index in [0.717, 1.165) is 17.1 Å². The van der Waals surface area contributed by atoms with Gasteiger partial charge in [0.15, 0.2) is 0 Å². The first-order valence-electron chi connectivity index (χ1n) is 5.73. The summed E-state index contributed by atoms with van der Waals surface area (Å²) in [6, 6.07) is 0. The first-order chi connectivity index (χ1) is 6.24. The molecule has 0 N–H and O–H groups in total. The molecule has 0 aromatic carbocycles. The summed E-state index contributed by atoms with van der Waals surface area (Å²) in [5, 5.41) is 0. The van der Waals surface area contributed by atoms with Gasteiger partial charge >= 0.3 is 0 Å². The maximum atomic E-state index is 5.32. The number of rotatable bonds is 8. The first-order valence-corrected chi connectivity index (χ1v) is 6.55. The lowest BCUT2D eigenvalue weighted by atomic mass is 9.75. The summed E-state index contributed by atoms with van der Waals surface area (Å²) in [6.45, 7) is 7.91. The Balaban J connectivity index is 3.97. The molecule has 0 heterocycles. The molecule has 0 radical (unpaired) electrons. The molecule has 0 fully saturated rings. The second-order valence-corrected chi connectivity index (χ2v) is 4.63. The average Bonchev–Trinajstić information content (AvgIpc) is 2.20. The van der Waals surface area contributed by atoms with Gasteiger partial charge in [-0.3, -0.25) is 0 Å². The van der Waals surface area contributed by atoms with Crippen molar-refractivity contribution in [2.75, 3.05) is 6.61 Å². The van der Waals surface area contributed by atoms with Crippen LogP contribution in [-0.2, 0) is 4.43 Å². The summed E-state index contributed by atoms with van der Waals surface area (Å²) in [4.78, 5) is 0. The monoisotopic (exact) mass is 202 g/mol. The lowest BCUT2D eigenvalue weighted by molar-refractivity contribution is 0.169. The van der Waals surface area contributed by atoms with Crippen molar-refractivity contribution in [3.63, 3.8) is 0 Å². The lowest BCUT2D eigenvalue weighted by Gasteiger charge is -2.31. The minimum absolute atomic E-state index is 0.584. The zero-order valence-corrected chi connectivity index (χ0v) is 11.9. The average molecular weight is 202 g/mol. The van der Waals surface area contributed by atoms with Crippen molar-refractivity contribution in [3.8, 4) is 0 Å². The van der Waals surface area contributed by atoms with E-state index in [9.17, 15) is 0 Å². The van der Waals surface area contributed by atoms with Gasteiger partial charge in [-0.1, -0.05) is 46.5 Å². The molecule has 0 rings (SSSR count). The summed E-state index contributed by atoms with van der Waals surface area (Å²) >= 11 is 0. The fourth-order valence-corrected chi connectivity index (χ4v) is 2.16. The molecule has 0 aromatic heterocycles. The summed E-state index contributed by atoms with van der Waals surface area (Å²) in [7, 11) is 0.893. The van der Waals surface area contributed by atoms with Gasteiger partial charge in [-0.25, -0.2) is 0 Å². The van der Waals surface area contributed by atoms with Crippen molar-refractivity contribution in [2.24, 2.45) is 5.41 Å². The minimum atomic E-state index is 0.584. The number of hydrogen-bond donors (Lipinski definition) is 0. The number of unbranched alkanes of at least 4 members (excludes halogenated alkanes) is 1. The fourth-order valence-electron chi connectivity index (χ4n) is 1.95. The Morgan fingerprint density at radius 1 is 1.08 bits per heavy atom. The number of hydrogen-bond acceptors (Lipinski definition) is 1. The Labute approximate surface area is 86.8 Å². The molecule has 0 aliphatic rings. The fraction of sp³-hybridized carbons (Fsp3) is 1.00. The van der Waals surface area contributed by atoms with Crippen LogP contribution in [0.2, 0.25) is 0 Å². The quantitative estimate of drug-likeness (QED) is 0.550. The highest BCUT2D eigenvalue weighted by molar-refractivity contribution is 5.97. The molecule has 80 valence electrons. The zero-order chi connectivity index (χ0) is 10.2. The normalized spacial score (nSPS) is 12.2. The molecule has 13 heavy (non-hydrogen) atoms. The van der Waals surface area contributed by atoms with E-state index in [1.165, 1.54) is 38.5 Å². The van der Waals surface area contributed by atoms with E-state index in [4.69, 9.17) is 4.43 Å². The second kappa shape index (κ2) is 7.57. The molecule has 0 spiro atoms. The van der Waals surface area contributed by atoms with Gasteiger partial charge in [-0.05, 0) is 18.3 Å². The van der Waals surface area contributed by atoms with Crippen molar-refractivity contribution in [1.82, 2.24) is 0 Å². The van der Waals surface area contributed by atoms with Gasteiger partial charge in [-0.15, -0.1) is 0 Å². The second-order valence-electron chi connectivity index (χ2n) is 4.05. The van der Waals surface area contributed by atoms with Crippen LogP contribution >= 0.6 is 0 Å². The van der Waals surface area contributed by atoms with E-state index < -0.39 is 0 Å². The standard InChI is InChI=1S/C11H26OSi/c1-4-7-8-11(5-2,6-3)9-10-12-13/h4-10H2,1-3,13H3. The van der Waals surface area contributed by atoms with Crippen LogP contribution in [0.25, 0.3) is 0 Å². The van der Waals surface area contributed by atoms with E-state index >= 15 is 0 Å². The maximum Gasteiger partial charge on any atom is 0.145 e. The molecule has 0 aliphatic heterocycles. The van der Waals surface area contributed by atoms with Gasteiger partial charge in [0.1, 0.15) is 10.5 Å². The van der Waals surface area contributed by atoms with Crippen LogP contribution in [0.15, 0.2) is 0 Å². The van der Waals surface area contributed by atoms with Crippen LogP contribution in [0, 0.1) is 5.41 Å². The predicted octanol–water partition coefficient (Wildman–Crippen LogP) is 2.67. The molecule has 0 saturated heterocycles. The van der Waals surface area contributed by atoms with Gasteiger partial charge in [0.2, 0.25) is 0 Å². The molecule has 0 atom stereocenters. The van der Waals surface area contributed by atoms with Gasteiger partial charge in [0, 0.05) is 6.61 Å². The van der Waals surface area contributed by atoms with Crippen molar-refractivity contribution in [3.05, 3.63) is 0 Å². The van der Waals surface area contributed by atoms with E-state index in [1.807, 2.05) is 0 Å². The van der Waals surface area contributed by atoms with Gasteiger partial charge in [0.05, 0.1) is 0 Å². The van der Waals surface area contributed by atoms with E-state index in [-0.39, 0.29) is 0 Å². The Hall–Kier alpha value is 0.177. The Morgan fingerprint density at radius 2 is 1.69 bits per heavy atom. The lowest BCUT2D eigenvalue weighted by Crippen LogP contribution is -2.21. The smallest absolute Gasteiger partial charge is 0.145 e. The Kier molecular flexibility index (Phi) is 7.67. The highest BCUT2D eigenvalue weighted by Crippen LogP contribution is 2.36. The third kappa shape index (κ3) is 4.82. The summed E-state index contributed by atoms with van der Waals surface area (Å²) in [6.07, 6.45) is 7.99. The van der Waals surface area contributed by atoms with E-state index in [0.29, 0.717) is 5.41 Å². The molecule has 0 bridgehead atoms. The van der Waals surface area contributed by atoms with Crippen LogP contribution in [0.1, 0.15) is 59.3 Å². The summed E-state index contributed by atoms with van der Waals surface area (Å²) in [5.74, 6) is 0. The van der Waals surface area contributed by atoms with Crippen molar-refractivity contribution in [1.29, 1.82) is 0 Å². The third-order valence-electron chi connectivity index (χ3n) is 3.40. The molecule has 0 aliphatic carbocycles. The molecule has 1 nitrogen and oxygen atoms in total. The van der Waals surface area contributed by atoms with Crippen molar-refractivity contribution >= 4 is 10.5 Å². The predicted molar refractivity (Wildman–Crippen MR) is 63.0 cm³/mol. The maximum absolute atomic E-state index is 5.32. The van der Waals surface area contributed by atoms with Crippen LogP contribution in [-0.4, -0.2) is 17.1 Å². The van der Waals surface area contributed by atoms with Gasteiger partial charge < -0.3 is 4.43 Å². The van der Waals surface area contributed by atoms with Crippen molar-refractivity contribution < 1.29 is 4.43 Å². The topological polar surface area (TPSA) is 9.23 Å². The molecule has 0 aromatic rings. The molecule has 0 amide bonds. The third-order valence-corrected chi connectivity index (χ3v) is 3.81. The van der Waals surface area contributed by atoms with Crippen LogP contribution in [0.3, 0.4) is 0 Å². The molecular weight excluding hydrogens is 176 g/mol. The Morgan fingerprint density at radius 3 is 2.08 bits per heavy atom. The van der Waals surface area contributed by atoms with Gasteiger partial charge in [0.25, 0.3) is 0 Å². The SMILES string of the molecule is CCCCC(CC)(CC)CCO[SiH3]. The summed E-state index contributed by atoms with van der Waals surface area (Å²) < 4.78 is 5.32.